The summed E-state index contributed by atoms with van der Waals surface area (Å²) >= 11 is 0. The van der Waals surface area contributed by atoms with E-state index in [0.29, 0.717) is 6.04 Å². The molecule has 0 saturated heterocycles. The first-order valence-corrected chi connectivity index (χ1v) is 7.05. The SMILES string of the molecule is CCC(O)(CC)CNC1CCCC(C)CC1. The second kappa shape index (κ2) is 6.61. The summed E-state index contributed by atoms with van der Waals surface area (Å²) in [5, 5.41) is 13.8. The van der Waals surface area contributed by atoms with Gasteiger partial charge in [-0.25, -0.2) is 0 Å². The molecule has 1 aliphatic rings. The zero-order valence-electron chi connectivity index (χ0n) is 11.3. The molecular formula is C14H29NO. The minimum Gasteiger partial charge on any atom is -0.389 e. The predicted molar refractivity (Wildman–Crippen MR) is 69.6 cm³/mol. The van der Waals surface area contributed by atoms with Crippen molar-refractivity contribution in [3.05, 3.63) is 0 Å². The maximum Gasteiger partial charge on any atom is 0.0766 e. The van der Waals surface area contributed by atoms with Crippen LogP contribution in [0.1, 0.15) is 65.7 Å². The van der Waals surface area contributed by atoms with Gasteiger partial charge in [-0.1, -0.05) is 33.6 Å². The largest absolute Gasteiger partial charge is 0.389 e. The molecule has 0 aromatic carbocycles. The second-order valence-electron chi connectivity index (χ2n) is 5.62. The monoisotopic (exact) mass is 227 g/mol. The molecule has 2 heteroatoms. The Balaban J connectivity index is 2.31. The Morgan fingerprint density at radius 1 is 1.12 bits per heavy atom. The standard InChI is InChI=1S/C14H29NO/c1-4-14(16,5-2)11-15-13-8-6-7-12(3)9-10-13/h12-13,15-16H,4-11H2,1-3H3. The minimum absolute atomic E-state index is 0.488. The fourth-order valence-electron chi connectivity index (χ4n) is 2.53. The van der Waals surface area contributed by atoms with Gasteiger partial charge in [0, 0.05) is 12.6 Å². The third-order valence-corrected chi connectivity index (χ3v) is 4.29. The van der Waals surface area contributed by atoms with E-state index in [1.165, 1.54) is 32.1 Å². The van der Waals surface area contributed by atoms with Crippen molar-refractivity contribution in [1.82, 2.24) is 5.32 Å². The molecule has 0 bridgehead atoms. The zero-order valence-corrected chi connectivity index (χ0v) is 11.3. The van der Waals surface area contributed by atoms with E-state index in [1.54, 1.807) is 0 Å². The molecule has 96 valence electrons. The highest BCUT2D eigenvalue weighted by Gasteiger charge is 2.24. The van der Waals surface area contributed by atoms with Crippen LogP contribution in [0, 0.1) is 5.92 Å². The fourth-order valence-corrected chi connectivity index (χ4v) is 2.53. The number of hydrogen-bond acceptors (Lipinski definition) is 2. The van der Waals surface area contributed by atoms with E-state index >= 15 is 0 Å². The van der Waals surface area contributed by atoms with Crippen LogP contribution in [0.5, 0.6) is 0 Å². The summed E-state index contributed by atoms with van der Waals surface area (Å²) in [6.45, 7) is 7.26. The summed E-state index contributed by atoms with van der Waals surface area (Å²) < 4.78 is 0. The number of nitrogens with one attached hydrogen (secondary N) is 1. The lowest BCUT2D eigenvalue weighted by Gasteiger charge is -2.28. The Labute approximate surface area is 101 Å². The van der Waals surface area contributed by atoms with E-state index in [1.807, 2.05) is 0 Å². The molecule has 0 amide bonds. The normalized spacial score (nSPS) is 27.8. The van der Waals surface area contributed by atoms with E-state index in [-0.39, 0.29) is 0 Å². The van der Waals surface area contributed by atoms with Crippen LogP contribution in [0.15, 0.2) is 0 Å². The average Bonchev–Trinajstić information content (AvgIpc) is 2.51. The maximum absolute atomic E-state index is 10.2. The van der Waals surface area contributed by atoms with Crippen LogP contribution in [0.4, 0.5) is 0 Å². The average molecular weight is 227 g/mol. The smallest absolute Gasteiger partial charge is 0.0766 e. The molecule has 1 fully saturated rings. The van der Waals surface area contributed by atoms with Crippen molar-refractivity contribution in [3.8, 4) is 0 Å². The Morgan fingerprint density at radius 3 is 2.44 bits per heavy atom. The quantitative estimate of drug-likeness (QED) is 0.707. The molecule has 1 aliphatic carbocycles. The van der Waals surface area contributed by atoms with Crippen molar-refractivity contribution in [2.75, 3.05) is 6.54 Å². The maximum atomic E-state index is 10.2. The van der Waals surface area contributed by atoms with Crippen LogP contribution >= 0.6 is 0 Å². The molecule has 0 aromatic heterocycles. The van der Waals surface area contributed by atoms with Gasteiger partial charge in [0.25, 0.3) is 0 Å². The molecule has 2 N–H and O–H groups in total. The van der Waals surface area contributed by atoms with Crippen molar-refractivity contribution in [1.29, 1.82) is 0 Å². The molecule has 0 spiro atoms. The van der Waals surface area contributed by atoms with Crippen molar-refractivity contribution in [3.63, 3.8) is 0 Å². The van der Waals surface area contributed by atoms with Gasteiger partial charge in [0.2, 0.25) is 0 Å². The highest BCUT2D eigenvalue weighted by Crippen LogP contribution is 2.23. The van der Waals surface area contributed by atoms with Crippen LogP contribution < -0.4 is 5.32 Å². The van der Waals surface area contributed by atoms with Gasteiger partial charge >= 0.3 is 0 Å². The van der Waals surface area contributed by atoms with Gasteiger partial charge in [0.05, 0.1) is 5.60 Å². The molecule has 0 radical (unpaired) electrons. The minimum atomic E-state index is -0.488. The van der Waals surface area contributed by atoms with Gasteiger partial charge in [0.1, 0.15) is 0 Å². The summed E-state index contributed by atoms with van der Waals surface area (Å²) in [7, 11) is 0. The summed E-state index contributed by atoms with van der Waals surface area (Å²) in [5.41, 5.74) is -0.488. The summed E-state index contributed by atoms with van der Waals surface area (Å²) in [6, 6.07) is 0.634. The Bertz CT molecular complexity index is 189. The number of rotatable bonds is 5. The number of hydrogen-bond donors (Lipinski definition) is 2. The van der Waals surface area contributed by atoms with Crippen LogP contribution in [0.25, 0.3) is 0 Å². The van der Waals surface area contributed by atoms with E-state index in [4.69, 9.17) is 0 Å². The third-order valence-electron chi connectivity index (χ3n) is 4.29. The van der Waals surface area contributed by atoms with E-state index in [2.05, 4.69) is 26.1 Å². The molecule has 0 aromatic rings. The highest BCUT2D eigenvalue weighted by atomic mass is 16.3. The molecule has 0 heterocycles. The van der Waals surface area contributed by atoms with Crippen LogP contribution in [0.2, 0.25) is 0 Å². The van der Waals surface area contributed by atoms with Gasteiger partial charge in [0.15, 0.2) is 0 Å². The summed E-state index contributed by atoms with van der Waals surface area (Å²) in [4.78, 5) is 0. The van der Waals surface area contributed by atoms with E-state index in [9.17, 15) is 5.11 Å². The lowest BCUT2D eigenvalue weighted by Crippen LogP contribution is -2.43. The van der Waals surface area contributed by atoms with Gasteiger partial charge in [-0.3, -0.25) is 0 Å². The molecule has 2 nitrogen and oxygen atoms in total. The van der Waals surface area contributed by atoms with Crippen LogP contribution in [-0.4, -0.2) is 23.3 Å². The Hall–Kier alpha value is -0.0800. The zero-order chi connectivity index (χ0) is 12.0. The topological polar surface area (TPSA) is 32.3 Å². The fraction of sp³-hybridized carbons (Fsp3) is 1.00. The van der Waals surface area contributed by atoms with Gasteiger partial charge < -0.3 is 10.4 Å². The molecule has 0 aliphatic heterocycles. The van der Waals surface area contributed by atoms with Crippen molar-refractivity contribution in [2.24, 2.45) is 5.92 Å². The Morgan fingerprint density at radius 2 is 1.81 bits per heavy atom. The predicted octanol–water partition coefficient (Wildman–Crippen LogP) is 3.10. The van der Waals surface area contributed by atoms with Crippen molar-refractivity contribution >= 4 is 0 Å². The lowest BCUT2D eigenvalue weighted by molar-refractivity contribution is 0.0293. The lowest BCUT2D eigenvalue weighted by atomic mass is 9.96. The molecular weight excluding hydrogens is 198 g/mol. The molecule has 2 unspecified atom stereocenters. The van der Waals surface area contributed by atoms with Crippen LogP contribution in [0.3, 0.4) is 0 Å². The van der Waals surface area contributed by atoms with Gasteiger partial charge in [-0.15, -0.1) is 0 Å². The Kier molecular flexibility index (Phi) is 5.77. The highest BCUT2D eigenvalue weighted by molar-refractivity contribution is 4.81. The van der Waals surface area contributed by atoms with E-state index < -0.39 is 5.60 Å². The first-order valence-electron chi connectivity index (χ1n) is 7.05. The van der Waals surface area contributed by atoms with Gasteiger partial charge in [-0.05, 0) is 38.0 Å². The van der Waals surface area contributed by atoms with E-state index in [0.717, 1.165) is 25.3 Å². The van der Waals surface area contributed by atoms with Crippen molar-refractivity contribution in [2.45, 2.75) is 77.4 Å². The third kappa shape index (κ3) is 4.42. The summed E-state index contributed by atoms with van der Waals surface area (Å²) in [5.74, 6) is 0.892. The van der Waals surface area contributed by atoms with Crippen molar-refractivity contribution < 1.29 is 5.11 Å². The van der Waals surface area contributed by atoms with Gasteiger partial charge in [-0.2, -0.15) is 0 Å². The second-order valence-corrected chi connectivity index (χ2v) is 5.62. The first kappa shape index (κ1) is 14.0. The molecule has 1 saturated carbocycles. The first-order chi connectivity index (χ1) is 7.59. The molecule has 16 heavy (non-hydrogen) atoms. The number of aliphatic hydroxyl groups is 1. The van der Waals surface area contributed by atoms with Crippen LogP contribution in [-0.2, 0) is 0 Å². The molecule has 2 atom stereocenters. The molecule has 1 rings (SSSR count). The summed E-state index contributed by atoms with van der Waals surface area (Å²) in [6.07, 6.45) is 8.33.